The van der Waals surface area contributed by atoms with Crippen LogP contribution in [0.2, 0.25) is 0 Å². The van der Waals surface area contributed by atoms with Gasteiger partial charge in [0.25, 0.3) is 0 Å². The van der Waals surface area contributed by atoms with Crippen LogP contribution in [0.25, 0.3) is 6.08 Å². The van der Waals surface area contributed by atoms with E-state index >= 15 is 0 Å². The molecule has 2 heterocycles. The van der Waals surface area contributed by atoms with Gasteiger partial charge in [-0.15, -0.1) is 0 Å². The predicted octanol–water partition coefficient (Wildman–Crippen LogP) is 3.49. The van der Waals surface area contributed by atoms with Crippen molar-refractivity contribution in [3.8, 4) is 0 Å². The SMILES string of the molecule is CCOC(=O)C=Cc1ccc(N(C)C2CCN(C(=O)OC(C)(C)C)CC2)nc1. The Morgan fingerprint density at radius 3 is 2.50 bits per heavy atom. The Morgan fingerprint density at radius 2 is 1.96 bits per heavy atom. The van der Waals surface area contributed by atoms with Crippen molar-refractivity contribution in [1.82, 2.24) is 9.88 Å². The van der Waals surface area contributed by atoms with Gasteiger partial charge in [0, 0.05) is 38.5 Å². The minimum absolute atomic E-state index is 0.246. The van der Waals surface area contributed by atoms with Crippen LogP contribution in [0.15, 0.2) is 24.4 Å². The van der Waals surface area contributed by atoms with Crippen LogP contribution in [-0.2, 0) is 14.3 Å². The summed E-state index contributed by atoms with van der Waals surface area (Å²) in [6.07, 6.45) is 6.30. The average Bonchev–Trinajstić information content (AvgIpc) is 2.65. The molecule has 28 heavy (non-hydrogen) atoms. The van der Waals surface area contributed by atoms with E-state index < -0.39 is 5.60 Å². The molecule has 1 aromatic rings. The zero-order valence-corrected chi connectivity index (χ0v) is 17.5. The maximum absolute atomic E-state index is 12.2. The molecule has 154 valence electrons. The normalized spacial score (nSPS) is 15.5. The first-order valence-electron chi connectivity index (χ1n) is 9.71. The van der Waals surface area contributed by atoms with E-state index in [1.54, 1.807) is 24.1 Å². The van der Waals surface area contributed by atoms with Gasteiger partial charge in [0.2, 0.25) is 0 Å². The molecule has 0 aliphatic carbocycles. The van der Waals surface area contributed by atoms with Gasteiger partial charge in [-0.1, -0.05) is 0 Å². The first-order valence-corrected chi connectivity index (χ1v) is 9.71. The topological polar surface area (TPSA) is 72.0 Å². The third kappa shape index (κ3) is 6.55. The van der Waals surface area contributed by atoms with Crippen molar-refractivity contribution < 1.29 is 19.1 Å². The lowest BCUT2D eigenvalue weighted by molar-refractivity contribution is -0.137. The second-order valence-corrected chi connectivity index (χ2v) is 7.84. The lowest BCUT2D eigenvalue weighted by Crippen LogP contribution is -2.47. The minimum Gasteiger partial charge on any atom is -0.463 e. The molecule has 7 nitrogen and oxygen atoms in total. The molecule has 1 aliphatic rings. The molecule has 1 aliphatic heterocycles. The number of rotatable bonds is 5. The Labute approximate surface area is 167 Å². The van der Waals surface area contributed by atoms with Crippen molar-refractivity contribution >= 4 is 24.0 Å². The molecule has 2 rings (SSSR count). The van der Waals surface area contributed by atoms with Gasteiger partial charge in [0.15, 0.2) is 0 Å². The molecule has 1 aromatic heterocycles. The summed E-state index contributed by atoms with van der Waals surface area (Å²) in [5.74, 6) is 0.504. The fourth-order valence-electron chi connectivity index (χ4n) is 3.01. The lowest BCUT2D eigenvalue weighted by Gasteiger charge is -2.37. The molecule has 1 amide bonds. The summed E-state index contributed by atoms with van der Waals surface area (Å²) in [6.45, 7) is 9.11. The summed E-state index contributed by atoms with van der Waals surface area (Å²) < 4.78 is 10.3. The van der Waals surface area contributed by atoms with E-state index in [0.717, 1.165) is 24.2 Å². The summed E-state index contributed by atoms with van der Waals surface area (Å²) >= 11 is 0. The highest BCUT2D eigenvalue weighted by molar-refractivity contribution is 5.87. The summed E-state index contributed by atoms with van der Waals surface area (Å²) in [7, 11) is 2.02. The fraction of sp³-hybridized carbons (Fsp3) is 0.571. The molecule has 0 atom stereocenters. The van der Waals surface area contributed by atoms with Crippen LogP contribution in [0, 0.1) is 0 Å². The van der Waals surface area contributed by atoms with Crippen molar-refractivity contribution in [3.05, 3.63) is 30.0 Å². The van der Waals surface area contributed by atoms with Crippen LogP contribution in [0.3, 0.4) is 0 Å². The second kappa shape index (κ2) is 9.57. The fourth-order valence-corrected chi connectivity index (χ4v) is 3.01. The molecule has 0 spiro atoms. The van der Waals surface area contributed by atoms with Gasteiger partial charge in [-0.3, -0.25) is 0 Å². The maximum atomic E-state index is 12.2. The van der Waals surface area contributed by atoms with Crippen LogP contribution in [0.5, 0.6) is 0 Å². The van der Waals surface area contributed by atoms with Crippen LogP contribution in [0.4, 0.5) is 10.6 Å². The van der Waals surface area contributed by atoms with E-state index in [4.69, 9.17) is 9.47 Å². The molecule has 1 fully saturated rings. The number of piperidine rings is 1. The number of anilines is 1. The number of carbonyl (C=O) groups excluding carboxylic acids is 2. The smallest absolute Gasteiger partial charge is 0.410 e. The monoisotopic (exact) mass is 389 g/mol. The van der Waals surface area contributed by atoms with Gasteiger partial charge in [0.1, 0.15) is 11.4 Å². The highest BCUT2D eigenvalue weighted by Gasteiger charge is 2.28. The average molecular weight is 389 g/mol. The predicted molar refractivity (Wildman–Crippen MR) is 109 cm³/mol. The standard InChI is InChI=1S/C21H31N3O4/c1-6-27-19(25)10-8-16-7-9-18(22-15-16)23(5)17-11-13-24(14-12-17)20(26)28-21(2,3)4/h7-10,15,17H,6,11-14H2,1-5H3. The van der Waals surface area contributed by atoms with E-state index in [2.05, 4.69) is 9.88 Å². The van der Waals surface area contributed by atoms with Crippen molar-refractivity contribution in [2.45, 2.75) is 52.2 Å². The number of pyridine rings is 1. The first kappa shape index (κ1) is 21.7. The van der Waals surface area contributed by atoms with Crippen molar-refractivity contribution in [3.63, 3.8) is 0 Å². The van der Waals surface area contributed by atoms with E-state index in [1.807, 2.05) is 40.0 Å². The van der Waals surface area contributed by atoms with E-state index in [9.17, 15) is 9.59 Å². The van der Waals surface area contributed by atoms with Crippen LogP contribution < -0.4 is 4.90 Å². The number of hydrogen-bond donors (Lipinski definition) is 0. The van der Waals surface area contributed by atoms with Gasteiger partial charge in [-0.05, 0) is 64.3 Å². The van der Waals surface area contributed by atoms with Crippen molar-refractivity contribution in [2.75, 3.05) is 31.6 Å². The Morgan fingerprint density at radius 1 is 1.29 bits per heavy atom. The quantitative estimate of drug-likeness (QED) is 0.567. The molecule has 0 bridgehead atoms. The molecule has 0 N–H and O–H groups in total. The van der Waals surface area contributed by atoms with Gasteiger partial charge in [0.05, 0.1) is 6.61 Å². The Kier molecular flexibility index (Phi) is 7.43. The number of likely N-dealkylation sites (tertiary alicyclic amines) is 1. The molecule has 0 radical (unpaired) electrons. The molecule has 0 unspecified atom stereocenters. The van der Waals surface area contributed by atoms with Gasteiger partial charge in [-0.2, -0.15) is 0 Å². The number of amides is 1. The van der Waals surface area contributed by atoms with Gasteiger partial charge in [-0.25, -0.2) is 14.6 Å². The Hall–Kier alpha value is -2.57. The number of aromatic nitrogens is 1. The lowest BCUT2D eigenvalue weighted by atomic mass is 10.0. The largest absolute Gasteiger partial charge is 0.463 e. The summed E-state index contributed by atoms with van der Waals surface area (Å²) in [5, 5.41) is 0. The number of carbonyl (C=O) groups is 2. The van der Waals surface area contributed by atoms with E-state index in [1.165, 1.54) is 6.08 Å². The Bertz CT molecular complexity index is 687. The molecular weight excluding hydrogens is 358 g/mol. The number of ether oxygens (including phenoxy) is 2. The highest BCUT2D eigenvalue weighted by Crippen LogP contribution is 2.22. The molecule has 1 saturated heterocycles. The Balaban J connectivity index is 1.88. The van der Waals surface area contributed by atoms with Crippen LogP contribution in [-0.4, -0.2) is 60.3 Å². The third-order valence-electron chi connectivity index (χ3n) is 4.49. The van der Waals surface area contributed by atoms with Crippen LogP contribution in [0.1, 0.15) is 46.1 Å². The number of hydrogen-bond acceptors (Lipinski definition) is 6. The summed E-state index contributed by atoms with van der Waals surface area (Å²) in [5.41, 5.74) is 0.364. The molecule has 7 heteroatoms. The second-order valence-electron chi connectivity index (χ2n) is 7.84. The molecule has 0 saturated carbocycles. The van der Waals surface area contributed by atoms with Gasteiger partial charge < -0.3 is 19.3 Å². The van der Waals surface area contributed by atoms with Crippen molar-refractivity contribution in [1.29, 1.82) is 0 Å². The highest BCUT2D eigenvalue weighted by atomic mass is 16.6. The van der Waals surface area contributed by atoms with E-state index in [-0.39, 0.29) is 12.1 Å². The minimum atomic E-state index is -0.474. The first-order chi connectivity index (χ1) is 13.2. The molecular formula is C21H31N3O4. The summed E-state index contributed by atoms with van der Waals surface area (Å²) in [4.78, 5) is 32.0. The van der Waals surface area contributed by atoms with Gasteiger partial charge >= 0.3 is 12.1 Å². The maximum Gasteiger partial charge on any atom is 0.410 e. The van der Waals surface area contributed by atoms with E-state index in [0.29, 0.717) is 25.7 Å². The van der Waals surface area contributed by atoms with Crippen molar-refractivity contribution in [2.24, 2.45) is 0 Å². The molecule has 0 aromatic carbocycles. The number of nitrogens with zero attached hydrogens (tertiary/aromatic N) is 3. The third-order valence-corrected chi connectivity index (χ3v) is 4.49. The summed E-state index contributed by atoms with van der Waals surface area (Å²) in [6, 6.07) is 4.17. The number of esters is 1. The zero-order valence-electron chi connectivity index (χ0n) is 17.5. The van der Waals surface area contributed by atoms with Crippen LogP contribution >= 0.6 is 0 Å². The zero-order chi connectivity index (χ0) is 20.7.